The van der Waals surface area contributed by atoms with Crippen LogP contribution in [-0.2, 0) is 6.42 Å². The van der Waals surface area contributed by atoms with Crippen molar-refractivity contribution in [3.8, 4) is 0 Å². The molecule has 1 N–H and O–H groups in total. The first-order valence-corrected chi connectivity index (χ1v) is 6.07. The van der Waals surface area contributed by atoms with Gasteiger partial charge in [-0.1, -0.05) is 6.07 Å². The van der Waals surface area contributed by atoms with Gasteiger partial charge in [-0.2, -0.15) is 13.2 Å². The van der Waals surface area contributed by atoms with E-state index in [-0.39, 0.29) is 25.7 Å². The Hall–Kier alpha value is -1.10. The molecule has 1 aliphatic carbocycles. The second-order valence-electron chi connectivity index (χ2n) is 5.08. The fraction of sp³-hybridized carbons (Fsp3) is 0.615. The van der Waals surface area contributed by atoms with Crippen LogP contribution in [0.25, 0.3) is 0 Å². The summed E-state index contributed by atoms with van der Waals surface area (Å²) in [7, 11) is 0. The van der Waals surface area contributed by atoms with E-state index in [2.05, 4.69) is 4.98 Å². The Balaban J connectivity index is 1.95. The van der Waals surface area contributed by atoms with Crippen molar-refractivity contribution in [3.63, 3.8) is 0 Å². The monoisotopic (exact) mass is 259 g/mol. The molecule has 1 aromatic rings. The van der Waals surface area contributed by atoms with Crippen LogP contribution in [0.3, 0.4) is 0 Å². The number of hydrogen-bond donors (Lipinski definition) is 1. The number of hydrogen-bond acceptors (Lipinski definition) is 2. The molecule has 0 bridgehead atoms. The fourth-order valence-electron chi connectivity index (χ4n) is 2.54. The molecule has 0 unspecified atom stereocenters. The molecule has 0 amide bonds. The first kappa shape index (κ1) is 13.3. The van der Waals surface area contributed by atoms with Crippen LogP contribution in [0.1, 0.15) is 31.2 Å². The molecule has 1 fully saturated rings. The number of rotatable bonds is 2. The predicted octanol–water partition coefficient (Wildman–Crippen LogP) is 3.11. The van der Waals surface area contributed by atoms with Crippen molar-refractivity contribution < 1.29 is 18.3 Å². The number of alkyl halides is 3. The Bertz CT molecular complexity index is 383. The minimum absolute atomic E-state index is 0.0141. The van der Waals surface area contributed by atoms with Crippen molar-refractivity contribution in [2.45, 2.75) is 43.9 Å². The van der Waals surface area contributed by atoms with Crippen molar-refractivity contribution in [1.29, 1.82) is 0 Å². The molecule has 2 rings (SSSR count). The number of aromatic nitrogens is 1. The first-order valence-electron chi connectivity index (χ1n) is 6.07. The van der Waals surface area contributed by atoms with Gasteiger partial charge in [0.15, 0.2) is 0 Å². The summed E-state index contributed by atoms with van der Waals surface area (Å²) in [6.45, 7) is 0. The van der Waals surface area contributed by atoms with Crippen LogP contribution in [0.4, 0.5) is 13.2 Å². The quantitative estimate of drug-likeness (QED) is 0.885. The maximum absolute atomic E-state index is 12.5. The Kier molecular flexibility index (Phi) is 3.61. The van der Waals surface area contributed by atoms with Crippen molar-refractivity contribution >= 4 is 0 Å². The molecule has 1 heterocycles. The number of aliphatic hydroxyl groups is 1. The van der Waals surface area contributed by atoms with E-state index in [9.17, 15) is 18.3 Å². The zero-order valence-corrected chi connectivity index (χ0v) is 9.95. The van der Waals surface area contributed by atoms with E-state index < -0.39 is 17.7 Å². The van der Waals surface area contributed by atoms with Gasteiger partial charge in [-0.3, -0.25) is 4.98 Å². The van der Waals surface area contributed by atoms with Crippen LogP contribution in [0.15, 0.2) is 24.5 Å². The first-order chi connectivity index (χ1) is 8.39. The summed E-state index contributed by atoms with van der Waals surface area (Å²) in [5.41, 5.74) is -0.143. The highest BCUT2D eigenvalue weighted by molar-refractivity contribution is 5.12. The maximum atomic E-state index is 12.5. The van der Waals surface area contributed by atoms with Gasteiger partial charge in [0.25, 0.3) is 0 Å². The molecule has 0 atom stereocenters. The summed E-state index contributed by atoms with van der Waals surface area (Å²) in [4.78, 5) is 3.94. The van der Waals surface area contributed by atoms with Gasteiger partial charge in [0.05, 0.1) is 11.5 Å². The molecule has 1 aliphatic rings. The van der Waals surface area contributed by atoms with E-state index in [0.717, 1.165) is 5.56 Å². The van der Waals surface area contributed by atoms with E-state index in [0.29, 0.717) is 6.42 Å². The SMILES string of the molecule is OC1(Cc2cccnc2)CCC(C(F)(F)F)CC1. The summed E-state index contributed by atoms with van der Waals surface area (Å²) >= 11 is 0. The summed E-state index contributed by atoms with van der Waals surface area (Å²) in [5, 5.41) is 10.3. The van der Waals surface area contributed by atoms with E-state index >= 15 is 0 Å². The lowest BCUT2D eigenvalue weighted by Gasteiger charge is -2.36. The zero-order chi connectivity index (χ0) is 13.2. The minimum atomic E-state index is -4.13. The standard InChI is InChI=1S/C13H16F3NO/c14-13(15,16)11-3-5-12(18,6-4-11)8-10-2-1-7-17-9-10/h1-2,7,9,11,18H,3-6,8H2. The molecule has 1 saturated carbocycles. The van der Waals surface area contributed by atoms with Crippen LogP contribution < -0.4 is 0 Å². The molecule has 1 aromatic heterocycles. The smallest absolute Gasteiger partial charge is 0.390 e. The van der Waals surface area contributed by atoms with Crippen molar-refractivity contribution in [1.82, 2.24) is 4.98 Å². The number of nitrogens with zero attached hydrogens (tertiary/aromatic N) is 1. The molecule has 18 heavy (non-hydrogen) atoms. The highest BCUT2D eigenvalue weighted by atomic mass is 19.4. The molecule has 0 aromatic carbocycles. The van der Waals surface area contributed by atoms with E-state index in [1.165, 1.54) is 0 Å². The second-order valence-corrected chi connectivity index (χ2v) is 5.08. The van der Waals surface area contributed by atoms with Gasteiger partial charge in [-0.15, -0.1) is 0 Å². The lowest BCUT2D eigenvalue weighted by atomic mass is 9.76. The molecule has 0 aliphatic heterocycles. The minimum Gasteiger partial charge on any atom is -0.390 e. The highest BCUT2D eigenvalue weighted by Gasteiger charge is 2.45. The van der Waals surface area contributed by atoms with Gasteiger partial charge in [-0.25, -0.2) is 0 Å². The Morgan fingerprint density at radius 3 is 2.50 bits per heavy atom. The van der Waals surface area contributed by atoms with Gasteiger partial charge >= 0.3 is 6.18 Å². The Morgan fingerprint density at radius 1 is 1.33 bits per heavy atom. The van der Waals surface area contributed by atoms with Gasteiger partial charge in [0, 0.05) is 18.8 Å². The predicted molar refractivity (Wildman–Crippen MR) is 60.9 cm³/mol. The number of halogens is 3. The summed E-state index contributed by atoms with van der Waals surface area (Å²) in [6.07, 6.45) is -0.0400. The maximum Gasteiger partial charge on any atom is 0.391 e. The fourth-order valence-corrected chi connectivity index (χ4v) is 2.54. The summed E-state index contributed by atoms with van der Waals surface area (Å²) < 4.78 is 37.6. The van der Waals surface area contributed by atoms with Crippen LogP contribution in [0.5, 0.6) is 0 Å². The average Bonchev–Trinajstić information content (AvgIpc) is 2.29. The lowest BCUT2D eigenvalue weighted by Crippen LogP contribution is -2.39. The zero-order valence-electron chi connectivity index (χ0n) is 9.95. The van der Waals surface area contributed by atoms with Crippen molar-refractivity contribution in [2.75, 3.05) is 0 Å². The molecule has 0 spiro atoms. The molecule has 100 valence electrons. The number of pyridine rings is 1. The normalized spacial score (nSPS) is 29.2. The molecule has 5 heteroatoms. The van der Waals surface area contributed by atoms with Gasteiger partial charge in [-0.05, 0) is 37.3 Å². The summed E-state index contributed by atoms with van der Waals surface area (Å²) in [6, 6.07) is 3.60. The van der Waals surface area contributed by atoms with Gasteiger partial charge < -0.3 is 5.11 Å². The van der Waals surface area contributed by atoms with E-state index in [1.807, 2.05) is 6.07 Å². The van der Waals surface area contributed by atoms with Gasteiger partial charge in [0.1, 0.15) is 0 Å². The molecule has 0 saturated heterocycles. The third-order valence-corrected chi connectivity index (χ3v) is 3.64. The topological polar surface area (TPSA) is 33.1 Å². The van der Waals surface area contributed by atoms with Crippen LogP contribution in [-0.4, -0.2) is 21.9 Å². The van der Waals surface area contributed by atoms with Gasteiger partial charge in [0.2, 0.25) is 0 Å². The third kappa shape index (κ3) is 3.22. The van der Waals surface area contributed by atoms with Crippen LogP contribution >= 0.6 is 0 Å². The summed E-state index contributed by atoms with van der Waals surface area (Å²) in [5.74, 6) is -1.26. The highest BCUT2D eigenvalue weighted by Crippen LogP contribution is 2.42. The second kappa shape index (κ2) is 4.88. The Morgan fingerprint density at radius 2 is 2.00 bits per heavy atom. The largest absolute Gasteiger partial charge is 0.391 e. The third-order valence-electron chi connectivity index (χ3n) is 3.64. The van der Waals surface area contributed by atoms with Crippen molar-refractivity contribution in [2.24, 2.45) is 5.92 Å². The van der Waals surface area contributed by atoms with Crippen LogP contribution in [0.2, 0.25) is 0 Å². The van der Waals surface area contributed by atoms with Crippen LogP contribution in [0, 0.1) is 5.92 Å². The van der Waals surface area contributed by atoms with E-state index in [1.54, 1.807) is 18.5 Å². The van der Waals surface area contributed by atoms with Crippen molar-refractivity contribution in [3.05, 3.63) is 30.1 Å². The molecular formula is C13H16F3NO. The molecule has 2 nitrogen and oxygen atoms in total. The Labute approximate surface area is 104 Å². The molecular weight excluding hydrogens is 243 g/mol. The van der Waals surface area contributed by atoms with E-state index in [4.69, 9.17) is 0 Å². The lowest BCUT2D eigenvalue weighted by molar-refractivity contribution is -0.192. The molecule has 0 radical (unpaired) electrons. The average molecular weight is 259 g/mol.